The van der Waals surface area contributed by atoms with E-state index in [9.17, 15) is 0 Å². The summed E-state index contributed by atoms with van der Waals surface area (Å²) in [6, 6.07) is 5.78. The van der Waals surface area contributed by atoms with E-state index in [4.69, 9.17) is 9.47 Å². The number of methoxy groups -OCH3 is 2. The molecule has 1 aromatic heterocycles. The van der Waals surface area contributed by atoms with Gasteiger partial charge in [0.15, 0.2) is 0 Å². The van der Waals surface area contributed by atoms with Crippen molar-refractivity contribution in [1.29, 1.82) is 0 Å². The monoisotopic (exact) mass is 342 g/mol. The Morgan fingerprint density at radius 2 is 1.60 bits per heavy atom. The van der Waals surface area contributed by atoms with Gasteiger partial charge in [0.05, 0.1) is 14.2 Å². The minimum absolute atomic E-state index is 0.772. The maximum atomic E-state index is 5.30. The van der Waals surface area contributed by atoms with Gasteiger partial charge in [0.25, 0.3) is 0 Å². The van der Waals surface area contributed by atoms with Gasteiger partial charge in [-0.05, 0) is 32.6 Å². The number of hydrogen-bond donors (Lipinski definition) is 2. The van der Waals surface area contributed by atoms with Gasteiger partial charge in [0, 0.05) is 48.2 Å². The van der Waals surface area contributed by atoms with Gasteiger partial charge in [-0.1, -0.05) is 0 Å². The first-order valence-corrected chi connectivity index (χ1v) is 8.77. The number of benzene rings is 1. The lowest BCUT2D eigenvalue weighted by Gasteiger charge is -2.19. The van der Waals surface area contributed by atoms with Crippen LogP contribution in [0.3, 0.4) is 0 Å². The highest BCUT2D eigenvalue weighted by Crippen LogP contribution is 2.26. The molecule has 134 valence electrons. The van der Waals surface area contributed by atoms with E-state index in [0.29, 0.717) is 0 Å². The predicted molar refractivity (Wildman–Crippen MR) is 99.9 cm³/mol. The van der Waals surface area contributed by atoms with Crippen LogP contribution in [0.1, 0.15) is 29.9 Å². The molecule has 25 heavy (non-hydrogen) atoms. The molecule has 1 heterocycles. The summed E-state index contributed by atoms with van der Waals surface area (Å²) in [6.07, 6.45) is 4.58. The van der Waals surface area contributed by atoms with Gasteiger partial charge in [-0.15, -0.1) is 0 Å². The fraction of sp³-hybridized carbons (Fsp3) is 0.474. The van der Waals surface area contributed by atoms with Crippen molar-refractivity contribution in [3.63, 3.8) is 0 Å². The summed E-state index contributed by atoms with van der Waals surface area (Å²) in [5.41, 5.74) is 3.48. The number of rotatable bonds is 7. The van der Waals surface area contributed by atoms with Crippen LogP contribution in [-0.4, -0.2) is 37.3 Å². The summed E-state index contributed by atoms with van der Waals surface area (Å²) in [4.78, 5) is 9.19. The van der Waals surface area contributed by atoms with E-state index >= 15 is 0 Å². The Balaban J connectivity index is 1.60. The molecular formula is C19H26N4O2. The Labute approximate surface area is 149 Å². The van der Waals surface area contributed by atoms with Crippen molar-refractivity contribution < 1.29 is 9.47 Å². The van der Waals surface area contributed by atoms with Crippen molar-refractivity contribution >= 4 is 11.5 Å². The first-order valence-electron chi connectivity index (χ1n) is 8.77. The normalized spacial score (nSPS) is 13.1. The number of nitrogens with zero attached hydrogens (tertiary/aromatic N) is 2. The molecule has 3 rings (SSSR count). The van der Waals surface area contributed by atoms with Crippen LogP contribution in [0.25, 0.3) is 0 Å². The number of nitrogens with one attached hydrogen (secondary N) is 2. The summed E-state index contributed by atoms with van der Waals surface area (Å²) in [5.74, 6) is 3.38. The molecule has 2 N–H and O–H groups in total. The zero-order valence-corrected chi connectivity index (χ0v) is 15.2. The Hall–Kier alpha value is -2.50. The molecule has 6 nitrogen and oxygen atoms in total. The molecule has 0 bridgehead atoms. The van der Waals surface area contributed by atoms with Gasteiger partial charge in [-0.2, -0.15) is 0 Å². The minimum atomic E-state index is 0.772. The highest BCUT2D eigenvalue weighted by Gasteiger charge is 2.16. The fourth-order valence-corrected chi connectivity index (χ4v) is 3.16. The number of fused-ring (bicyclic) bond motifs is 1. The second-order valence-electron chi connectivity index (χ2n) is 6.21. The first-order chi connectivity index (χ1) is 12.2. The molecule has 0 unspecified atom stereocenters. The number of ether oxygens (including phenoxy) is 2. The Bertz CT molecular complexity index is 711. The van der Waals surface area contributed by atoms with E-state index in [1.807, 2.05) is 25.1 Å². The molecule has 0 fully saturated rings. The van der Waals surface area contributed by atoms with Crippen LogP contribution in [0.4, 0.5) is 11.5 Å². The quantitative estimate of drug-likeness (QED) is 0.753. The molecule has 1 aliphatic rings. The maximum absolute atomic E-state index is 5.30. The van der Waals surface area contributed by atoms with Crippen LogP contribution in [0.2, 0.25) is 0 Å². The molecule has 1 aromatic carbocycles. The van der Waals surface area contributed by atoms with Crippen molar-refractivity contribution in [2.24, 2.45) is 0 Å². The fourth-order valence-electron chi connectivity index (χ4n) is 3.16. The number of anilines is 2. The summed E-state index contributed by atoms with van der Waals surface area (Å²) in [7, 11) is 3.31. The van der Waals surface area contributed by atoms with Crippen molar-refractivity contribution in [3.05, 3.63) is 35.3 Å². The number of aryl methyl sites for hydroxylation is 2. The van der Waals surface area contributed by atoms with Crippen LogP contribution in [0.15, 0.2) is 18.2 Å². The smallest absolute Gasteiger partial charge is 0.133 e. The molecule has 0 saturated carbocycles. The molecule has 0 spiro atoms. The molecule has 0 aliphatic heterocycles. The van der Waals surface area contributed by atoms with Gasteiger partial charge < -0.3 is 20.1 Å². The standard InChI is InChI=1S/C19H26N4O2/c1-13-22-18-7-5-4-6-17(18)19(23-13)21-9-8-20-14-10-15(24-2)12-16(11-14)25-3/h10-12,20H,4-9H2,1-3H3,(H,21,22,23). The van der Waals surface area contributed by atoms with Crippen LogP contribution in [0, 0.1) is 6.92 Å². The van der Waals surface area contributed by atoms with Gasteiger partial charge in [-0.3, -0.25) is 0 Å². The third-order valence-corrected chi connectivity index (χ3v) is 4.39. The molecule has 6 heteroatoms. The molecule has 1 aliphatic carbocycles. The van der Waals surface area contributed by atoms with Gasteiger partial charge in [-0.25, -0.2) is 9.97 Å². The van der Waals surface area contributed by atoms with E-state index in [0.717, 1.165) is 54.8 Å². The van der Waals surface area contributed by atoms with Crippen molar-refractivity contribution in [3.8, 4) is 11.5 Å². The van der Waals surface area contributed by atoms with Crippen molar-refractivity contribution in [2.75, 3.05) is 37.9 Å². The summed E-state index contributed by atoms with van der Waals surface area (Å²) < 4.78 is 10.6. The lowest BCUT2D eigenvalue weighted by atomic mass is 9.96. The Kier molecular flexibility index (Phi) is 5.58. The average molecular weight is 342 g/mol. The first kappa shape index (κ1) is 17.3. The lowest BCUT2D eigenvalue weighted by Crippen LogP contribution is -2.18. The third-order valence-electron chi connectivity index (χ3n) is 4.39. The lowest BCUT2D eigenvalue weighted by molar-refractivity contribution is 0.394. The van der Waals surface area contributed by atoms with Crippen LogP contribution in [0.5, 0.6) is 11.5 Å². The largest absolute Gasteiger partial charge is 0.497 e. The van der Waals surface area contributed by atoms with Crippen molar-refractivity contribution in [2.45, 2.75) is 32.6 Å². The molecule has 0 saturated heterocycles. The number of aromatic nitrogens is 2. The summed E-state index contributed by atoms with van der Waals surface area (Å²) in [5, 5.41) is 6.86. The van der Waals surface area contributed by atoms with Crippen molar-refractivity contribution in [1.82, 2.24) is 9.97 Å². The van der Waals surface area contributed by atoms with Gasteiger partial charge in [0.2, 0.25) is 0 Å². The summed E-state index contributed by atoms with van der Waals surface area (Å²) >= 11 is 0. The van der Waals surface area contributed by atoms with Crippen LogP contribution < -0.4 is 20.1 Å². The van der Waals surface area contributed by atoms with E-state index in [2.05, 4.69) is 20.6 Å². The topological polar surface area (TPSA) is 68.3 Å². The highest BCUT2D eigenvalue weighted by molar-refractivity contribution is 5.54. The zero-order chi connectivity index (χ0) is 17.6. The maximum Gasteiger partial charge on any atom is 0.133 e. The zero-order valence-electron chi connectivity index (χ0n) is 15.2. The average Bonchev–Trinajstić information content (AvgIpc) is 2.64. The second-order valence-corrected chi connectivity index (χ2v) is 6.21. The SMILES string of the molecule is COc1cc(NCCNc2nc(C)nc3c2CCCC3)cc(OC)c1. The second kappa shape index (κ2) is 8.05. The van der Waals surface area contributed by atoms with E-state index < -0.39 is 0 Å². The van der Waals surface area contributed by atoms with E-state index in [-0.39, 0.29) is 0 Å². The molecule has 0 radical (unpaired) electrons. The Morgan fingerprint density at radius 3 is 2.32 bits per heavy atom. The van der Waals surface area contributed by atoms with Gasteiger partial charge >= 0.3 is 0 Å². The third kappa shape index (κ3) is 4.32. The van der Waals surface area contributed by atoms with E-state index in [1.165, 1.54) is 24.1 Å². The highest BCUT2D eigenvalue weighted by atomic mass is 16.5. The number of hydrogen-bond acceptors (Lipinski definition) is 6. The summed E-state index contributed by atoms with van der Waals surface area (Å²) in [6.45, 7) is 3.51. The van der Waals surface area contributed by atoms with Gasteiger partial charge in [0.1, 0.15) is 23.1 Å². The molecule has 2 aromatic rings. The van der Waals surface area contributed by atoms with E-state index in [1.54, 1.807) is 14.2 Å². The molecule has 0 amide bonds. The van der Waals surface area contributed by atoms with Crippen LogP contribution >= 0.6 is 0 Å². The molecule has 0 atom stereocenters. The van der Waals surface area contributed by atoms with Crippen LogP contribution in [-0.2, 0) is 12.8 Å². The molecular weight excluding hydrogens is 316 g/mol. The Morgan fingerprint density at radius 1 is 0.920 bits per heavy atom. The predicted octanol–water partition coefficient (Wildman–Crippen LogP) is 3.21. The minimum Gasteiger partial charge on any atom is -0.497 e.